The second-order valence-corrected chi connectivity index (χ2v) is 11.9. The van der Waals surface area contributed by atoms with Crippen LogP contribution in [0, 0.1) is 6.57 Å². The van der Waals surface area contributed by atoms with Crippen molar-refractivity contribution in [3.8, 4) is 28.3 Å². The maximum Gasteiger partial charge on any atom is 0.188 e. The summed E-state index contributed by atoms with van der Waals surface area (Å²) in [6, 6.07) is 53.0. The Morgan fingerprint density at radius 3 is 1.94 bits per heavy atom. The van der Waals surface area contributed by atoms with Crippen molar-refractivity contribution in [3.63, 3.8) is 0 Å². The highest BCUT2D eigenvalue weighted by Crippen LogP contribution is 2.55. The van der Waals surface area contributed by atoms with E-state index < -0.39 is 5.41 Å². The number of ether oxygens (including phenoxy) is 1. The van der Waals surface area contributed by atoms with E-state index in [2.05, 4.69) is 136 Å². The van der Waals surface area contributed by atoms with Gasteiger partial charge >= 0.3 is 0 Å². The van der Waals surface area contributed by atoms with Crippen LogP contribution in [0.1, 0.15) is 22.3 Å². The van der Waals surface area contributed by atoms with E-state index in [0.29, 0.717) is 5.69 Å². The van der Waals surface area contributed by atoms with Gasteiger partial charge in [-0.2, -0.15) is 0 Å². The molecule has 1 aliphatic rings. The van der Waals surface area contributed by atoms with Crippen LogP contribution in [0.4, 0.5) is 5.69 Å². The summed E-state index contributed by atoms with van der Waals surface area (Å²) in [6.07, 6.45) is 3.67. The molecule has 220 valence electrons. The second-order valence-electron chi connectivity index (χ2n) is 11.9. The van der Waals surface area contributed by atoms with Crippen molar-refractivity contribution in [1.82, 2.24) is 9.55 Å². The maximum absolute atomic E-state index is 7.69. The SMILES string of the molecule is [C-]#[N+]c1ccc2c(c1)c1cc(-c3ccc4c(c3)C(c3ccccc3)(c3ccccc3)c3ccccc3O4)ccc1n2-c1cccnc1. The van der Waals surface area contributed by atoms with Crippen molar-refractivity contribution < 1.29 is 4.74 Å². The second kappa shape index (κ2) is 10.6. The monoisotopic (exact) mass is 601 g/mol. The molecule has 6 aromatic carbocycles. The predicted molar refractivity (Wildman–Crippen MR) is 189 cm³/mol. The Bertz CT molecular complexity index is 2450. The Morgan fingerprint density at radius 1 is 0.574 bits per heavy atom. The van der Waals surface area contributed by atoms with Crippen molar-refractivity contribution in [1.29, 1.82) is 0 Å². The molecule has 0 saturated carbocycles. The molecular weight excluding hydrogens is 574 g/mol. The van der Waals surface area contributed by atoms with Gasteiger partial charge < -0.3 is 9.30 Å². The van der Waals surface area contributed by atoms with E-state index in [-0.39, 0.29) is 0 Å². The van der Waals surface area contributed by atoms with Crippen molar-refractivity contribution in [2.75, 3.05) is 0 Å². The average Bonchev–Trinajstić information content (AvgIpc) is 3.47. The summed E-state index contributed by atoms with van der Waals surface area (Å²) < 4.78 is 8.86. The largest absolute Gasteiger partial charge is 0.457 e. The number of para-hydroxylation sites is 1. The predicted octanol–water partition coefficient (Wildman–Crippen LogP) is 10.9. The van der Waals surface area contributed by atoms with Crippen molar-refractivity contribution in [2.24, 2.45) is 0 Å². The molecule has 0 saturated heterocycles. The van der Waals surface area contributed by atoms with Gasteiger partial charge in [-0.15, -0.1) is 0 Å². The topological polar surface area (TPSA) is 31.4 Å². The number of nitrogens with zero attached hydrogens (tertiary/aromatic N) is 3. The number of rotatable bonds is 4. The lowest BCUT2D eigenvalue weighted by atomic mass is 9.63. The van der Waals surface area contributed by atoms with Crippen LogP contribution in [0.2, 0.25) is 0 Å². The molecule has 0 amide bonds. The molecule has 4 nitrogen and oxygen atoms in total. The van der Waals surface area contributed by atoms with Gasteiger partial charge in [-0.05, 0) is 82.2 Å². The van der Waals surface area contributed by atoms with Gasteiger partial charge in [0.25, 0.3) is 0 Å². The summed E-state index contributed by atoms with van der Waals surface area (Å²) >= 11 is 0. The summed E-state index contributed by atoms with van der Waals surface area (Å²) in [5, 5.41) is 2.13. The number of hydrogen-bond acceptors (Lipinski definition) is 2. The zero-order valence-electron chi connectivity index (χ0n) is 25.3. The van der Waals surface area contributed by atoms with Gasteiger partial charge in [-0.25, -0.2) is 4.85 Å². The minimum Gasteiger partial charge on any atom is -0.457 e. The normalized spacial score (nSPS) is 13.0. The van der Waals surface area contributed by atoms with Gasteiger partial charge in [-0.3, -0.25) is 4.98 Å². The molecule has 4 heteroatoms. The third-order valence-corrected chi connectivity index (χ3v) is 9.42. The first kappa shape index (κ1) is 26.9. The molecule has 0 N–H and O–H groups in total. The first-order chi connectivity index (χ1) is 23.3. The van der Waals surface area contributed by atoms with Gasteiger partial charge in [0.1, 0.15) is 11.5 Å². The summed E-state index contributed by atoms with van der Waals surface area (Å²) in [6.45, 7) is 7.69. The van der Waals surface area contributed by atoms with Gasteiger partial charge in [0.05, 0.1) is 34.9 Å². The fourth-order valence-electron chi connectivity index (χ4n) is 7.41. The molecule has 0 spiro atoms. The quantitative estimate of drug-likeness (QED) is 0.188. The molecule has 3 heterocycles. The molecule has 0 atom stereocenters. The maximum atomic E-state index is 7.69. The minimum atomic E-state index is -0.590. The lowest BCUT2D eigenvalue weighted by Crippen LogP contribution is -2.34. The van der Waals surface area contributed by atoms with E-state index in [1.165, 1.54) is 11.1 Å². The van der Waals surface area contributed by atoms with Crippen molar-refractivity contribution in [3.05, 3.63) is 198 Å². The Balaban J connectivity index is 1.31. The number of benzene rings is 6. The van der Waals surface area contributed by atoms with Gasteiger partial charge in [0, 0.05) is 22.7 Å². The summed E-state index contributed by atoms with van der Waals surface area (Å²) in [7, 11) is 0. The van der Waals surface area contributed by atoms with Gasteiger partial charge in [0.15, 0.2) is 5.69 Å². The van der Waals surface area contributed by atoms with Gasteiger partial charge in [-0.1, -0.05) is 97.1 Å². The van der Waals surface area contributed by atoms with Crippen LogP contribution >= 0.6 is 0 Å². The van der Waals surface area contributed by atoms with Crippen LogP contribution in [0.25, 0.3) is 43.5 Å². The molecule has 0 aliphatic carbocycles. The summed E-state index contributed by atoms with van der Waals surface area (Å²) in [5.74, 6) is 1.71. The van der Waals surface area contributed by atoms with E-state index in [1.807, 2.05) is 36.5 Å². The first-order valence-corrected chi connectivity index (χ1v) is 15.6. The fourth-order valence-corrected chi connectivity index (χ4v) is 7.41. The van der Waals surface area contributed by atoms with Crippen LogP contribution in [-0.2, 0) is 5.41 Å². The molecule has 9 rings (SSSR count). The van der Waals surface area contributed by atoms with Crippen molar-refractivity contribution in [2.45, 2.75) is 5.41 Å². The highest BCUT2D eigenvalue weighted by Gasteiger charge is 2.45. The van der Waals surface area contributed by atoms with Crippen LogP contribution in [0.15, 0.2) is 164 Å². The molecule has 1 aliphatic heterocycles. The summed E-state index contributed by atoms with van der Waals surface area (Å²) in [4.78, 5) is 8.14. The molecule has 0 radical (unpaired) electrons. The zero-order valence-corrected chi connectivity index (χ0v) is 25.3. The van der Waals surface area contributed by atoms with E-state index in [1.54, 1.807) is 6.20 Å². The molecule has 47 heavy (non-hydrogen) atoms. The van der Waals surface area contributed by atoms with Crippen LogP contribution in [0.3, 0.4) is 0 Å². The highest BCUT2D eigenvalue weighted by atomic mass is 16.5. The van der Waals surface area contributed by atoms with E-state index in [9.17, 15) is 0 Å². The molecule has 0 unspecified atom stereocenters. The van der Waals surface area contributed by atoms with E-state index in [4.69, 9.17) is 11.3 Å². The first-order valence-electron chi connectivity index (χ1n) is 15.6. The average molecular weight is 602 g/mol. The van der Waals surface area contributed by atoms with Crippen molar-refractivity contribution >= 4 is 27.5 Å². The third-order valence-electron chi connectivity index (χ3n) is 9.42. The summed E-state index contributed by atoms with van der Waals surface area (Å²) in [5.41, 5.74) is 9.88. The van der Waals surface area contributed by atoms with E-state index >= 15 is 0 Å². The molecule has 2 aromatic heterocycles. The zero-order chi connectivity index (χ0) is 31.4. The Kier molecular flexibility index (Phi) is 6.06. The Morgan fingerprint density at radius 2 is 1.21 bits per heavy atom. The minimum absolute atomic E-state index is 0.590. The van der Waals surface area contributed by atoms with Crippen LogP contribution < -0.4 is 4.74 Å². The Labute approximate surface area is 272 Å². The number of pyridine rings is 1. The van der Waals surface area contributed by atoms with E-state index in [0.717, 1.165) is 61.2 Å². The number of aromatic nitrogens is 2. The number of hydrogen-bond donors (Lipinski definition) is 0. The Hall–Kier alpha value is -6.44. The molecular formula is C43H27N3O. The smallest absolute Gasteiger partial charge is 0.188 e. The highest BCUT2D eigenvalue weighted by molar-refractivity contribution is 6.11. The van der Waals surface area contributed by atoms with Crippen LogP contribution in [0.5, 0.6) is 11.5 Å². The lowest BCUT2D eigenvalue weighted by molar-refractivity contribution is 0.434. The van der Waals surface area contributed by atoms with Gasteiger partial charge in [0.2, 0.25) is 0 Å². The molecule has 8 aromatic rings. The molecule has 0 fully saturated rings. The van der Waals surface area contributed by atoms with Crippen LogP contribution in [-0.4, -0.2) is 9.55 Å². The fraction of sp³-hybridized carbons (Fsp3) is 0.0233. The standard InChI is InChI=1S/C43H27N3O/c1-44-33-20-22-40-36(27-33)35-25-29(18-21-39(35)46(40)34-15-10-24-45-28-34)30-19-23-42-38(26-30)43(31-11-4-2-5-12-31,32-13-6-3-7-14-32)37-16-8-9-17-41(37)47-42/h2-28H. The molecule has 0 bridgehead atoms. The third kappa shape index (κ3) is 4.04. The lowest BCUT2D eigenvalue weighted by Gasteiger charge is -2.41. The number of fused-ring (bicyclic) bond motifs is 5.